The van der Waals surface area contributed by atoms with E-state index in [0.717, 1.165) is 12.8 Å². The van der Waals surface area contributed by atoms with Gasteiger partial charge in [-0.1, -0.05) is 12.8 Å². The Morgan fingerprint density at radius 3 is 2.54 bits per heavy atom. The van der Waals surface area contributed by atoms with Crippen molar-refractivity contribution in [1.29, 1.82) is 0 Å². The first-order valence-corrected chi connectivity index (χ1v) is 4.85. The van der Waals surface area contributed by atoms with Gasteiger partial charge in [0, 0.05) is 6.54 Å². The summed E-state index contributed by atoms with van der Waals surface area (Å²) in [5.74, 6) is 0.477. The molecule has 1 heterocycles. The summed E-state index contributed by atoms with van der Waals surface area (Å²) in [5.41, 5.74) is 0. The van der Waals surface area contributed by atoms with Crippen molar-refractivity contribution in [2.75, 3.05) is 13.1 Å². The number of carbonyl (C=O) groups excluding carboxylic acids is 2. The molecule has 2 rings (SSSR count). The second-order valence-electron chi connectivity index (χ2n) is 3.81. The van der Waals surface area contributed by atoms with Gasteiger partial charge in [0.1, 0.15) is 0 Å². The molecule has 1 aliphatic carbocycles. The van der Waals surface area contributed by atoms with E-state index in [1.165, 1.54) is 17.7 Å². The van der Waals surface area contributed by atoms with Crippen LogP contribution in [0.2, 0.25) is 0 Å². The van der Waals surface area contributed by atoms with Gasteiger partial charge in [0.05, 0.1) is 6.54 Å². The molecule has 0 atom stereocenters. The van der Waals surface area contributed by atoms with E-state index in [4.69, 9.17) is 0 Å². The smallest absolute Gasteiger partial charge is 0.324 e. The lowest BCUT2D eigenvalue weighted by Gasteiger charge is -2.16. The molecule has 0 aromatic carbocycles. The highest BCUT2D eigenvalue weighted by atomic mass is 16.2. The van der Waals surface area contributed by atoms with Gasteiger partial charge in [-0.25, -0.2) is 4.79 Å². The Morgan fingerprint density at radius 2 is 2.00 bits per heavy atom. The van der Waals surface area contributed by atoms with Crippen LogP contribution in [0.15, 0.2) is 0 Å². The highest BCUT2D eigenvalue weighted by Crippen LogP contribution is 2.25. The van der Waals surface area contributed by atoms with Crippen molar-refractivity contribution in [1.82, 2.24) is 10.2 Å². The zero-order chi connectivity index (χ0) is 9.26. The average molecular weight is 182 g/mol. The second kappa shape index (κ2) is 3.36. The molecule has 1 saturated carbocycles. The van der Waals surface area contributed by atoms with Crippen molar-refractivity contribution < 1.29 is 9.59 Å². The van der Waals surface area contributed by atoms with Crippen LogP contribution >= 0.6 is 0 Å². The van der Waals surface area contributed by atoms with Gasteiger partial charge >= 0.3 is 6.03 Å². The van der Waals surface area contributed by atoms with Gasteiger partial charge in [0.25, 0.3) is 0 Å². The molecule has 0 bridgehead atoms. The van der Waals surface area contributed by atoms with Crippen LogP contribution in [0.1, 0.15) is 25.7 Å². The van der Waals surface area contributed by atoms with Gasteiger partial charge in [-0.15, -0.1) is 0 Å². The van der Waals surface area contributed by atoms with Crippen molar-refractivity contribution in [3.8, 4) is 0 Å². The third-order valence-corrected chi connectivity index (χ3v) is 2.85. The maximum atomic E-state index is 11.2. The van der Waals surface area contributed by atoms with Crippen LogP contribution in [0.3, 0.4) is 0 Å². The predicted octanol–water partition coefficient (Wildman–Crippen LogP) is 0.728. The molecular weight excluding hydrogens is 168 g/mol. The van der Waals surface area contributed by atoms with Gasteiger partial charge in [-0.2, -0.15) is 0 Å². The molecule has 1 N–H and O–H groups in total. The zero-order valence-electron chi connectivity index (χ0n) is 7.58. The van der Waals surface area contributed by atoms with E-state index in [0.29, 0.717) is 12.5 Å². The summed E-state index contributed by atoms with van der Waals surface area (Å²) in [4.78, 5) is 23.7. The van der Waals surface area contributed by atoms with Gasteiger partial charge in [-0.05, 0) is 18.8 Å². The quantitative estimate of drug-likeness (QED) is 0.640. The highest BCUT2D eigenvalue weighted by Gasteiger charge is 2.31. The summed E-state index contributed by atoms with van der Waals surface area (Å²) in [7, 11) is 0. The molecule has 2 aliphatic rings. The van der Waals surface area contributed by atoms with E-state index >= 15 is 0 Å². The summed E-state index contributed by atoms with van der Waals surface area (Å²) in [6.45, 7) is 0.816. The molecule has 1 saturated heterocycles. The third-order valence-electron chi connectivity index (χ3n) is 2.85. The minimum absolute atomic E-state index is 0.0723. The molecule has 13 heavy (non-hydrogen) atoms. The van der Waals surface area contributed by atoms with E-state index in [-0.39, 0.29) is 18.5 Å². The van der Waals surface area contributed by atoms with Crippen LogP contribution < -0.4 is 5.32 Å². The molecule has 4 heteroatoms. The van der Waals surface area contributed by atoms with Crippen molar-refractivity contribution in [2.45, 2.75) is 25.7 Å². The first kappa shape index (κ1) is 8.53. The van der Waals surface area contributed by atoms with Crippen LogP contribution in [-0.4, -0.2) is 29.9 Å². The molecule has 2 fully saturated rings. The molecule has 0 aromatic rings. The van der Waals surface area contributed by atoms with Gasteiger partial charge < -0.3 is 5.32 Å². The number of hydrogen-bond acceptors (Lipinski definition) is 2. The number of carbonyl (C=O) groups is 2. The molecule has 3 amide bonds. The predicted molar refractivity (Wildman–Crippen MR) is 47.1 cm³/mol. The first-order valence-electron chi connectivity index (χ1n) is 4.85. The minimum atomic E-state index is -0.211. The Balaban J connectivity index is 1.92. The summed E-state index contributed by atoms with van der Waals surface area (Å²) in [5, 5.41) is 2.53. The fraction of sp³-hybridized carbons (Fsp3) is 0.778. The van der Waals surface area contributed by atoms with Gasteiger partial charge in [0.15, 0.2) is 0 Å². The summed E-state index contributed by atoms with van der Waals surface area (Å²) < 4.78 is 0. The van der Waals surface area contributed by atoms with Gasteiger partial charge in [-0.3, -0.25) is 9.69 Å². The number of nitrogens with one attached hydrogen (secondary N) is 1. The van der Waals surface area contributed by atoms with E-state index in [1.54, 1.807) is 0 Å². The summed E-state index contributed by atoms with van der Waals surface area (Å²) in [6.07, 6.45) is 4.82. The van der Waals surface area contributed by atoms with E-state index in [2.05, 4.69) is 5.32 Å². The Morgan fingerprint density at radius 1 is 1.31 bits per heavy atom. The highest BCUT2D eigenvalue weighted by molar-refractivity contribution is 6.01. The average Bonchev–Trinajstić information content (AvgIpc) is 2.70. The lowest BCUT2D eigenvalue weighted by Crippen LogP contribution is -2.34. The second-order valence-corrected chi connectivity index (χ2v) is 3.81. The minimum Gasteiger partial charge on any atom is -0.329 e. The standard InChI is InChI=1S/C9H14N2O2/c12-8-5-10-9(13)11(8)6-7-3-1-2-4-7/h7H,1-6H2,(H,10,13). The molecule has 0 radical (unpaired) electrons. The Hall–Kier alpha value is -1.06. The molecule has 72 valence electrons. The summed E-state index contributed by atoms with van der Waals surface area (Å²) >= 11 is 0. The number of urea groups is 1. The Bertz CT molecular complexity index is 218. The number of rotatable bonds is 2. The van der Waals surface area contributed by atoms with Crippen LogP contribution in [0, 0.1) is 5.92 Å². The van der Waals surface area contributed by atoms with Crippen LogP contribution in [-0.2, 0) is 4.79 Å². The first-order chi connectivity index (χ1) is 6.27. The number of amides is 3. The maximum absolute atomic E-state index is 11.2. The molecular formula is C9H14N2O2. The number of hydrogen-bond donors (Lipinski definition) is 1. The van der Waals surface area contributed by atoms with Gasteiger partial charge in [0.2, 0.25) is 5.91 Å². The fourth-order valence-corrected chi connectivity index (χ4v) is 2.09. The third kappa shape index (κ3) is 1.66. The van der Waals surface area contributed by atoms with Crippen molar-refractivity contribution in [2.24, 2.45) is 5.92 Å². The maximum Gasteiger partial charge on any atom is 0.324 e. The Labute approximate surface area is 77.3 Å². The monoisotopic (exact) mass is 182 g/mol. The van der Waals surface area contributed by atoms with Crippen molar-refractivity contribution >= 4 is 11.9 Å². The van der Waals surface area contributed by atoms with Crippen LogP contribution in [0.4, 0.5) is 4.79 Å². The molecule has 1 aliphatic heterocycles. The molecule has 0 spiro atoms. The lowest BCUT2D eigenvalue weighted by atomic mass is 10.1. The number of nitrogens with zero attached hydrogens (tertiary/aromatic N) is 1. The molecule has 4 nitrogen and oxygen atoms in total. The van der Waals surface area contributed by atoms with Crippen LogP contribution in [0.25, 0.3) is 0 Å². The topological polar surface area (TPSA) is 49.4 Å². The Kier molecular flexibility index (Phi) is 2.20. The summed E-state index contributed by atoms with van der Waals surface area (Å²) in [6, 6.07) is -0.211. The normalized spacial score (nSPS) is 24.2. The number of imide groups is 1. The molecule has 0 unspecified atom stereocenters. The van der Waals surface area contributed by atoms with Crippen molar-refractivity contribution in [3.63, 3.8) is 0 Å². The van der Waals surface area contributed by atoms with Crippen molar-refractivity contribution in [3.05, 3.63) is 0 Å². The zero-order valence-corrected chi connectivity index (χ0v) is 7.58. The lowest BCUT2D eigenvalue weighted by molar-refractivity contribution is -0.125. The SMILES string of the molecule is O=C1CNC(=O)N1CC1CCCC1. The van der Waals surface area contributed by atoms with E-state index < -0.39 is 0 Å². The van der Waals surface area contributed by atoms with Crippen LogP contribution in [0.5, 0.6) is 0 Å². The molecule has 0 aromatic heterocycles. The van der Waals surface area contributed by atoms with E-state index in [9.17, 15) is 9.59 Å². The largest absolute Gasteiger partial charge is 0.329 e. The fourth-order valence-electron chi connectivity index (χ4n) is 2.09. The van der Waals surface area contributed by atoms with E-state index in [1.807, 2.05) is 0 Å².